The fourth-order valence-corrected chi connectivity index (χ4v) is 5.54. The first-order valence-electron chi connectivity index (χ1n) is 14.9. The summed E-state index contributed by atoms with van der Waals surface area (Å²) in [6.45, 7) is -2.63. The minimum Gasteiger partial charge on any atom is -0.494 e. The molecule has 1 aliphatic heterocycles. The van der Waals surface area contributed by atoms with E-state index in [1.807, 2.05) is 0 Å². The number of hydrogen-bond donors (Lipinski definition) is 3. The van der Waals surface area contributed by atoms with Crippen molar-refractivity contribution in [3.63, 3.8) is 0 Å². The van der Waals surface area contributed by atoms with Gasteiger partial charge in [-0.1, -0.05) is 0 Å². The third-order valence-electron chi connectivity index (χ3n) is 8.53. The van der Waals surface area contributed by atoms with Gasteiger partial charge in [-0.05, 0) is 62.2 Å². The molecule has 3 N–H and O–H groups in total. The highest BCUT2D eigenvalue weighted by Crippen LogP contribution is 2.48. The number of pyridine rings is 1. The number of alkyl halides is 6. The Balaban J connectivity index is 1.39. The average molecular weight is 696 g/mol. The van der Waals surface area contributed by atoms with Crippen molar-refractivity contribution >= 4 is 22.7 Å². The smallest absolute Gasteiger partial charge is 0.424 e. The number of nitrogens with one attached hydrogen (secondary N) is 2. The Morgan fingerprint density at radius 2 is 1.76 bits per heavy atom. The van der Waals surface area contributed by atoms with E-state index in [1.54, 1.807) is 16.2 Å². The molecule has 3 heterocycles. The zero-order valence-corrected chi connectivity index (χ0v) is 25.8. The second kappa shape index (κ2) is 11.9. The summed E-state index contributed by atoms with van der Waals surface area (Å²) in [7, 11) is 1.34. The van der Waals surface area contributed by atoms with Gasteiger partial charge in [-0.3, -0.25) is 14.3 Å². The van der Waals surface area contributed by atoms with E-state index in [1.165, 1.54) is 19.2 Å². The molecule has 49 heavy (non-hydrogen) atoms. The van der Waals surface area contributed by atoms with Gasteiger partial charge in [-0.15, -0.1) is 0 Å². The molecule has 2 aliphatic rings. The van der Waals surface area contributed by atoms with Crippen molar-refractivity contribution in [2.45, 2.75) is 49.2 Å². The minimum absolute atomic E-state index is 0.0140. The Morgan fingerprint density at radius 1 is 1.06 bits per heavy atom. The molecule has 2 aromatic carbocycles. The molecule has 2 aromatic heterocycles. The Labute approximate surface area is 273 Å². The third kappa shape index (κ3) is 6.34. The molecule has 260 valence electrons. The van der Waals surface area contributed by atoms with Gasteiger partial charge in [0.05, 0.1) is 25.4 Å². The predicted octanol–water partition coefficient (Wildman–Crippen LogP) is 5.09. The summed E-state index contributed by atoms with van der Waals surface area (Å²) in [6.07, 6.45) is -6.76. The van der Waals surface area contributed by atoms with Crippen molar-refractivity contribution in [3.05, 3.63) is 71.3 Å². The average Bonchev–Trinajstić information content (AvgIpc) is 3.72. The summed E-state index contributed by atoms with van der Waals surface area (Å²) in [5, 5.41) is 20.1. The molecule has 0 spiro atoms. The summed E-state index contributed by atoms with van der Waals surface area (Å²) in [6, 6.07) is 7.89. The SMILES string of the molecule is COc1cc(C(=O)NCC(O)(c2cc3c(c(-c4ccc(F)cc4)n2)OC[C@]3(C)C(=O)NCC(F)(F)F)C(F)(F)F)cc2cn(C3CC3)nc12. The maximum Gasteiger partial charge on any atom is 0.424 e. The van der Waals surface area contributed by atoms with Crippen LogP contribution >= 0.6 is 0 Å². The topological polar surface area (TPSA) is 128 Å². The molecule has 17 heteroatoms. The number of carbonyl (C=O) groups excluding carboxylic acids is 2. The lowest BCUT2D eigenvalue weighted by molar-refractivity contribution is -0.265. The number of nitrogens with zero attached hydrogens (tertiary/aromatic N) is 3. The summed E-state index contributed by atoms with van der Waals surface area (Å²) in [5.41, 5.74) is -7.27. The van der Waals surface area contributed by atoms with Crippen molar-refractivity contribution in [3.8, 4) is 22.8 Å². The predicted molar refractivity (Wildman–Crippen MR) is 158 cm³/mol. The fourth-order valence-electron chi connectivity index (χ4n) is 5.54. The van der Waals surface area contributed by atoms with Gasteiger partial charge in [0.25, 0.3) is 5.91 Å². The van der Waals surface area contributed by atoms with Crippen LogP contribution in [0.2, 0.25) is 0 Å². The van der Waals surface area contributed by atoms with Crippen LogP contribution in [0.25, 0.3) is 22.2 Å². The zero-order valence-electron chi connectivity index (χ0n) is 25.8. The Hall–Kier alpha value is -4.93. The molecule has 6 rings (SSSR count). The molecule has 2 amide bonds. The monoisotopic (exact) mass is 695 g/mol. The van der Waals surface area contributed by atoms with Crippen LogP contribution in [-0.2, 0) is 15.8 Å². The second-order valence-electron chi connectivity index (χ2n) is 12.2. The lowest BCUT2D eigenvalue weighted by atomic mass is 9.81. The van der Waals surface area contributed by atoms with Crippen molar-refractivity contribution in [2.24, 2.45) is 0 Å². The summed E-state index contributed by atoms with van der Waals surface area (Å²) in [4.78, 5) is 30.4. The summed E-state index contributed by atoms with van der Waals surface area (Å²) < 4.78 is 110. The van der Waals surface area contributed by atoms with E-state index in [9.17, 15) is 45.4 Å². The van der Waals surface area contributed by atoms with E-state index in [-0.39, 0.29) is 39.9 Å². The Bertz CT molecular complexity index is 1940. The van der Waals surface area contributed by atoms with Crippen LogP contribution < -0.4 is 20.1 Å². The molecule has 4 aromatic rings. The Morgan fingerprint density at radius 3 is 2.37 bits per heavy atom. The number of hydrogen-bond acceptors (Lipinski definition) is 7. The molecule has 0 saturated heterocycles. The largest absolute Gasteiger partial charge is 0.494 e. The second-order valence-corrected chi connectivity index (χ2v) is 12.2. The minimum atomic E-state index is -5.50. The number of rotatable bonds is 9. The van der Waals surface area contributed by atoms with E-state index in [0.29, 0.717) is 17.0 Å². The molecule has 1 saturated carbocycles. The maximum absolute atomic E-state index is 14.8. The first-order chi connectivity index (χ1) is 22.9. The van der Waals surface area contributed by atoms with Gasteiger partial charge in [0.2, 0.25) is 11.5 Å². The highest BCUT2D eigenvalue weighted by molar-refractivity contribution is 6.00. The molecule has 0 radical (unpaired) electrons. The van der Waals surface area contributed by atoms with E-state index >= 15 is 0 Å². The van der Waals surface area contributed by atoms with E-state index in [4.69, 9.17) is 9.47 Å². The summed E-state index contributed by atoms with van der Waals surface area (Å²) >= 11 is 0. The molecule has 1 aliphatic carbocycles. The highest BCUT2D eigenvalue weighted by Gasteiger charge is 2.58. The van der Waals surface area contributed by atoms with Gasteiger partial charge in [0.1, 0.15) is 47.1 Å². The third-order valence-corrected chi connectivity index (χ3v) is 8.53. The number of aliphatic hydroxyl groups is 1. The normalized spacial score (nSPS) is 18.8. The van der Waals surface area contributed by atoms with Crippen molar-refractivity contribution in [1.82, 2.24) is 25.4 Å². The van der Waals surface area contributed by atoms with Crippen LogP contribution in [0, 0.1) is 5.82 Å². The molecule has 1 fully saturated rings. The van der Waals surface area contributed by atoms with Crippen molar-refractivity contribution in [2.75, 3.05) is 26.8 Å². The molecular weight excluding hydrogens is 667 g/mol. The van der Waals surface area contributed by atoms with Gasteiger partial charge < -0.3 is 25.2 Å². The number of carbonyl (C=O) groups is 2. The number of fused-ring (bicyclic) bond motifs is 2. The van der Waals surface area contributed by atoms with Gasteiger partial charge in [-0.2, -0.15) is 31.4 Å². The van der Waals surface area contributed by atoms with Crippen LogP contribution in [-0.4, -0.2) is 70.8 Å². The van der Waals surface area contributed by atoms with E-state index in [0.717, 1.165) is 44.0 Å². The number of benzene rings is 2. The van der Waals surface area contributed by atoms with Gasteiger partial charge in [0.15, 0.2) is 0 Å². The molecular formula is C32H28F7N5O5. The van der Waals surface area contributed by atoms with Crippen LogP contribution in [0.15, 0.2) is 48.7 Å². The van der Waals surface area contributed by atoms with Crippen LogP contribution in [0.4, 0.5) is 30.7 Å². The number of halogens is 7. The number of aromatic nitrogens is 3. The van der Waals surface area contributed by atoms with E-state index in [2.05, 4.69) is 15.4 Å². The number of methoxy groups -OCH3 is 1. The number of ether oxygens (including phenoxy) is 2. The molecule has 1 unspecified atom stereocenters. The first kappa shape index (κ1) is 34.0. The van der Waals surface area contributed by atoms with Gasteiger partial charge in [-0.25, -0.2) is 9.37 Å². The first-order valence-corrected chi connectivity index (χ1v) is 14.9. The van der Waals surface area contributed by atoms with Gasteiger partial charge >= 0.3 is 12.4 Å². The standard InChI is InChI=1S/C32H28F7N5O5/c1-29(28(46)41-14-31(34,35)36)15-49-26-21(29)11-23(42-25(26)16-3-5-19(33)6-4-16)30(47,32(37,38)39)13-40-27(45)17-9-18-12-44(20-7-8-20)43-24(18)22(10-17)48-2/h3-6,9-12,20,47H,7-8,13-15H2,1-2H3,(H,40,45)(H,41,46)/t29-,30?/m0/s1. The lowest BCUT2D eigenvalue weighted by Gasteiger charge is -2.31. The Kier molecular flexibility index (Phi) is 8.24. The van der Waals surface area contributed by atoms with Crippen LogP contribution in [0.1, 0.15) is 47.4 Å². The summed E-state index contributed by atoms with van der Waals surface area (Å²) in [5.74, 6) is -2.98. The molecule has 10 nitrogen and oxygen atoms in total. The van der Waals surface area contributed by atoms with Crippen molar-refractivity contribution < 1.29 is 54.9 Å². The quantitative estimate of drug-likeness (QED) is 0.208. The molecule has 0 bridgehead atoms. The highest BCUT2D eigenvalue weighted by atomic mass is 19.4. The molecule has 2 atom stereocenters. The van der Waals surface area contributed by atoms with Crippen LogP contribution in [0.3, 0.4) is 0 Å². The van der Waals surface area contributed by atoms with Gasteiger partial charge in [0, 0.05) is 28.3 Å². The fraction of sp³-hybridized carbons (Fsp3) is 0.375. The zero-order chi connectivity index (χ0) is 35.5. The maximum atomic E-state index is 14.8. The van der Waals surface area contributed by atoms with Crippen molar-refractivity contribution in [1.29, 1.82) is 0 Å². The van der Waals surface area contributed by atoms with Crippen LogP contribution in [0.5, 0.6) is 11.5 Å². The number of amides is 2. The van der Waals surface area contributed by atoms with E-state index < -0.39 is 66.4 Å². The lowest BCUT2D eigenvalue weighted by Crippen LogP contribution is -2.52.